The summed E-state index contributed by atoms with van der Waals surface area (Å²) in [7, 11) is 0. The molecule has 0 saturated carbocycles. The van der Waals surface area contributed by atoms with Crippen molar-refractivity contribution in [1.82, 2.24) is 4.90 Å². The summed E-state index contributed by atoms with van der Waals surface area (Å²) >= 11 is 0. The minimum Gasteiger partial charge on any atom is -0.447 e. The van der Waals surface area contributed by atoms with Gasteiger partial charge >= 0.3 is 6.09 Å². The van der Waals surface area contributed by atoms with Gasteiger partial charge in [0, 0.05) is 23.8 Å². The maximum absolute atomic E-state index is 13.2. The van der Waals surface area contributed by atoms with Crippen molar-refractivity contribution in [2.24, 2.45) is 0 Å². The molecule has 27 heavy (non-hydrogen) atoms. The van der Waals surface area contributed by atoms with Gasteiger partial charge in [-0.15, -0.1) is 0 Å². The molecule has 1 fully saturated rings. The summed E-state index contributed by atoms with van der Waals surface area (Å²) in [5.74, 6) is -0.00491. The molecule has 1 atom stereocenters. The van der Waals surface area contributed by atoms with Crippen molar-refractivity contribution in [2.75, 3.05) is 24.6 Å². The predicted molar refractivity (Wildman–Crippen MR) is 106 cm³/mol. The van der Waals surface area contributed by atoms with Gasteiger partial charge < -0.3 is 9.64 Å². The van der Waals surface area contributed by atoms with Crippen LogP contribution < -0.4 is 4.90 Å². The second-order valence-electron chi connectivity index (χ2n) is 6.66. The Morgan fingerprint density at radius 1 is 1.15 bits per heavy atom. The van der Waals surface area contributed by atoms with Gasteiger partial charge in [0.15, 0.2) is 0 Å². The Morgan fingerprint density at radius 3 is 2.56 bits per heavy atom. The van der Waals surface area contributed by atoms with E-state index in [1.165, 1.54) is 5.56 Å². The van der Waals surface area contributed by atoms with E-state index in [-0.39, 0.29) is 18.0 Å². The smallest absolute Gasteiger partial charge is 0.414 e. The molecule has 1 aliphatic heterocycles. The number of anilines is 1. The van der Waals surface area contributed by atoms with Gasteiger partial charge in [0.2, 0.25) is 0 Å². The Hall–Kier alpha value is -2.82. The number of carbonyl (C=O) groups excluding carboxylic acids is 2. The minimum absolute atomic E-state index is 0.00491. The van der Waals surface area contributed by atoms with E-state index in [1.54, 1.807) is 11.0 Å². The maximum atomic E-state index is 13.2. The summed E-state index contributed by atoms with van der Waals surface area (Å²) in [4.78, 5) is 28.5. The fraction of sp³-hybridized carbons (Fsp3) is 0.364. The lowest BCUT2D eigenvalue weighted by atomic mass is 10.0. The van der Waals surface area contributed by atoms with Gasteiger partial charge in [-0.2, -0.15) is 0 Å². The van der Waals surface area contributed by atoms with Crippen LogP contribution in [0.15, 0.2) is 54.6 Å². The topological polar surface area (TPSA) is 49.9 Å². The Labute approximate surface area is 160 Å². The average molecular weight is 366 g/mol. The van der Waals surface area contributed by atoms with Crippen LogP contribution in [0.2, 0.25) is 0 Å². The maximum Gasteiger partial charge on any atom is 0.414 e. The van der Waals surface area contributed by atoms with Gasteiger partial charge in [0.1, 0.15) is 6.61 Å². The molecule has 5 heteroatoms. The molecular formula is C22H26N2O3. The summed E-state index contributed by atoms with van der Waals surface area (Å²) in [5, 5.41) is 0. The number of amides is 2. The number of hydrogen-bond donors (Lipinski definition) is 0. The lowest BCUT2D eigenvalue weighted by molar-refractivity contribution is 0.0684. The molecule has 2 aromatic carbocycles. The third-order valence-corrected chi connectivity index (χ3v) is 4.99. The number of rotatable bonds is 7. The Kier molecular flexibility index (Phi) is 6.12. The molecule has 1 aliphatic rings. The van der Waals surface area contributed by atoms with Crippen LogP contribution in [-0.4, -0.2) is 42.6 Å². The van der Waals surface area contributed by atoms with Crippen molar-refractivity contribution in [2.45, 2.75) is 32.7 Å². The zero-order valence-corrected chi connectivity index (χ0v) is 15.9. The lowest BCUT2D eigenvalue weighted by Crippen LogP contribution is -2.41. The molecule has 0 radical (unpaired) electrons. The van der Waals surface area contributed by atoms with Crippen molar-refractivity contribution < 1.29 is 14.3 Å². The molecule has 142 valence electrons. The normalized spacial score (nSPS) is 14.7. The van der Waals surface area contributed by atoms with Crippen molar-refractivity contribution in [3.8, 4) is 0 Å². The second-order valence-corrected chi connectivity index (χ2v) is 6.66. The van der Waals surface area contributed by atoms with Crippen LogP contribution in [0.3, 0.4) is 0 Å². The lowest BCUT2D eigenvalue weighted by Gasteiger charge is -2.31. The highest BCUT2D eigenvalue weighted by Crippen LogP contribution is 2.22. The van der Waals surface area contributed by atoms with Crippen LogP contribution in [0.5, 0.6) is 0 Å². The first-order valence-corrected chi connectivity index (χ1v) is 9.53. The van der Waals surface area contributed by atoms with Crippen molar-refractivity contribution in [3.05, 3.63) is 65.7 Å². The summed E-state index contributed by atoms with van der Waals surface area (Å²) < 4.78 is 5.00. The van der Waals surface area contributed by atoms with Gasteiger partial charge in [0.05, 0.1) is 6.54 Å². The number of cyclic esters (lactones) is 1. The van der Waals surface area contributed by atoms with Crippen molar-refractivity contribution in [3.63, 3.8) is 0 Å². The highest BCUT2D eigenvalue weighted by Gasteiger charge is 2.26. The molecule has 0 aliphatic carbocycles. The SMILES string of the molecule is CCC(Cc1ccccc1)N(CC)C(=O)c1cccc(N2CCOC2=O)c1. The first kappa shape index (κ1) is 19.0. The van der Waals surface area contributed by atoms with E-state index < -0.39 is 0 Å². The van der Waals surface area contributed by atoms with E-state index in [2.05, 4.69) is 19.1 Å². The molecular weight excluding hydrogens is 340 g/mol. The van der Waals surface area contributed by atoms with Crippen LogP contribution in [-0.2, 0) is 11.2 Å². The summed E-state index contributed by atoms with van der Waals surface area (Å²) in [6.07, 6.45) is 1.35. The Bertz CT molecular complexity index is 791. The van der Waals surface area contributed by atoms with Gasteiger partial charge in [-0.3, -0.25) is 9.69 Å². The highest BCUT2D eigenvalue weighted by molar-refractivity contribution is 5.97. The summed E-state index contributed by atoms with van der Waals surface area (Å²) in [6.45, 7) is 5.65. The molecule has 1 heterocycles. The highest BCUT2D eigenvalue weighted by atomic mass is 16.6. The number of hydrogen-bond acceptors (Lipinski definition) is 3. The van der Waals surface area contributed by atoms with E-state index in [1.807, 2.05) is 48.2 Å². The predicted octanol–water partition coefficient (Wildman–Crippen LogP) is 4.13. The van der Waals surface area contributed by atoms with Crippen LogP contribution in [0.4, 0.5) is 10.5 Å². The van der Waals surface area contributed by atoms with Gasteiger partial charge in [-0.25, -0.2) is 4.79 Å². The largest absolute Gasteiger partial charge is 0.447 e. The van der Waals surface area contributed by atoms with Crippen LogP contribution in [0.25, 0.3) is 0 Å². The molecule has 2 aromatic rings. The molecule has 3 rings (SSSR count). The number of likely N-dealkylation sites (N-methyl/N-ethyl adjacent to an activating group) is 1. The number of carbonyl (C=O) groups is 2. The van der Waals surface area contributed by atoms with Crippen LogP contribution in [0.1, 0.15) is 36.2 Å². The molecule has 0 bridgehead atoms. The third-order valence-electron chi connectivity index (χ3n) is 4.99. The quantitative estimate of drug-likeness (QED) is 0.740. The fourth-order valence-corrected chi connectivity index (χ4v) is 3.53. The molecule has 0 aromatic heterocycles. The van der Waals surface area contributed by atoms with E-state index in [9.17, 15) is 9.59 Å². The monoisotopic (exact) mass is 366 g/mol. The molecule has 0 spiro atoms. The van der Waals surface area contributed by atoms with E-state index in [0.29, 0.717) is 30.9 Å². The Balaban J connectivity index is 1.80. The Morgan fingerprint density at radius 2 is 1.93 bits per heavy atom. The number of nitrogens with zero attached hydrogens (tertiary/aromatic N) is 2. The summed E-state index contributed by atoms with van der Waals surface area (Å²) in [5.41, 5.74) is 2.53. The first-order valence-electron chi connectivity index (χ1n) is 9.53. The minimum atomic E-state index is -0.359. The molecule has 0 N–H and O–H groups in total. The first-order chi connectivity index (χ1) is 13.1. The molecule has 1 unspecified atom stereocenters. The number of benzene rings is 2. The fourth-order valence-electron chi connectivity index (χ4n) is 3.53. The van der Waals surface area contributed by atoms with Crippen molar-refractivity contribution >= 4 is 17.7 Å². The zero-order chi connectivity index (χ0) is 19.2. The number of ether oxygens (including phenoxy) is 1. The standard InChI is InChI=1S/C22H26N2O3/c1-3-19(15-17-9-6-5-7-10-17)23(4-2)21(25)18-11-8-12-20(16-18)24-13-14-27-22(24)26/h5-12,16,19H,3-4,13-15H2,1-2H3. The second kappa shape index (κ2) is 8.71. The molecule has 5 nitrogen and oxygen atoms in total. The summed E-state index contributed by atoms with van der Waals surface area (Å²) in [6, 6.07) is 17.6. The molecule has 2 amide bonds. The third kappa shape index (κ3) is 4.30. The van der Waals surface area contributed by atoms with E-state index in [0.717, 1.165) is 12.8 Å². The van der Waals surface area contributed by atoms with Gasteiger partial charge in [-0.1, -0.05) is 43.3 Å². The van der Waals surface area contributed by atoms with Crippen LogP contribution in [0, 0.1) is 0 Å². The van der Waals surface area contributed by atoms with Crippen LogP contribution >= 0.6 is 0 Å². The van der Waals surface area contributed by atoms with E-state index >= 15 is 0 Å². The zero-order valence-electron chi connectivity index (χ0n) is 15.9. The van der Waals surface area contributed by atoms with Gasteiger partial charge in [0.25, 0.3) is 5.91 Å². The average Bonchev–Trinajstić information content (AvgIpc) is 3.14. The van der Waals surface area contributed by atoms with Crippen molar-refractivity contribution in [1.29, 1.82) is 0 Å². The molecule has 1 saturated heterocycles. The van der Waals surface area contributed by atoms with Gasteiger partial charge in [-0.05, 0) is 43.5 Å². The van der Waals surface area contributed by atoms with E-state index in [4.69, 9.17) is 4.74 Å².